The summed E-state index contributed by atoms with van der Waals surface area (Å²) in [6.07, 6.45) is 1.78. The molecule has 5 nitrogen and oxygen atoms in total. The third kappa shape index (κ3) is 4.47. The number of hydrogen-bond donors (Lipinski definition) is 1. The van der Waals surface area contributed by atoms with Crippen LogP contribution in [0, 0.1) is 0 Å². The van der Waals surface area contributed by atoms with E-state index in [0.717, 1.165) is 11.3 Å². The summed E-state index contributed by atoms with van der Waals surface area (Å²) >= 11 is 0. The van der Waals surface area contributed by atoms with Crippen LogP contribution in [0.15, 0.2) is 66.9 Å². The Labute approximate surface area is 147 Å². The lowest BCUT2D eigenvalue weighted by molar-refractivity contribution is 0.102. The van der Waals surface area contributed by atoms with Crippen molar-refractivity contribution in [1.29, 1.82) is 0 Å². The summed E-state index contributed by atoms with van der Waals surface area (Å²) in [6, 6.07) is 18.9. The summed E-state index contributed by atoms with van der Waals surface area (Å²) in [6.45, 7) is 4.54. The van der Waals surface area contributed by atoms with E-state index in [9.17, 15) is 4.79 Å². The fraction of sp³-hybridized carbons (Fsp3) is 0.200. The minimum absolute atomic E-state index is 0.104. The average Bonchev–Trinajstić information content (AvgIpc) is 3.02. The van der Waals surface area contributed by atoms with Gasteiger partial charge < -0.3 is 10.1 Å². The summed E-state index contributed by atoms with van der Waals surface area (Å²) in [5.41, 5.74) is 1.69. The highest BCUT2D eigenvalue weighted by Crippen LogP contribution is 2.16. The van der Waals surface area contributed by atoms with Gasteiger partial charge in [-0.3, -0.25) is 4.79 Å². The monoisotopic (exact) mass is 335 g/mol. The van der Waals surface area contributed by atoms with Crippen LogP contribution in [0.4, 0.5) is 5.82 Å². The lowest BCUT2D eigenvalue weighted by Crippen LogP contribution is -2.16. The zero-order valence-corrected chi connectivity index (χ0v) is 14.3. The van der Waals surface area contributed by atoms with Crippen LogP contribution in [0.1, 0.15) is 29.8 Å². The topological polar surface area (TPSA) is 56.1 Å². The van der Waals surface area contributed by atoms with Gasteiger partial charge in [-0.05, 0) is 43.7 Å². The Hall–Kier alpha value is -3.08. The molecule has 25 heavy (non-hydrogen) atoms. The van der Waals surface area contributed by atoms with Gasteiger partial charge in [-0.15, -0.1) is 0 Å². The number of nitrogens with one attached hydrogen (secondary N) is 1. The summed E-state index contributed by atoms with van der Waals surface area (Å²) in [5, 5.41) is 7.19. The van der Waals surface area contributed by atoms with Crippen LogP contribution in [-0.4, -0.2) is 21.8 Å². The van der Waals surface area contributed by atoms with Crippen molar-refractivity contribution in [3.63, 3.8) is 0 Å². The van der Waals surface area contributed by atoms with Gasteiger partial charge in [0.15, 0.2) is 0 Å². The highest BCUT2D eigenvalue weighted by molar-refractivity contribution is 6.03. The minimum Gasteiger partial charge on any atom is -0.491 e. The molecule has 0 atom stereocenters. The van der Waals surface area contributed by atoms with E-state index in [4.69, 9.17) is 4.74 Å². The number of amides is 1. The predicted molar refractivity (Wildman–Crippen MR) is 97.9 cm³/mol. The van der Waals surface area contributed by atoms with E-state index in [2.05, 4.69) is 10.4 Å². The molecule has 3 aromatic rings. The number of nitrogens with zero attached hydrogens (tertiary/aromatic N) is 2. The molecule has 0 unspecified atom stereocenters. The third-order valence-corrected chi connectivity index (χ3v) is 3.62. The van der Waals surface area contributed by atoms with Crippen molar-refractivity contribution in [3.05, 3.63) is 78.0 Å². The molecule has 0 saturated heterocycles. The number of anilines is 1. The normalized spacial score (nSPS) is 10.7. The Morgan fingerprint density at radius 1 is 1.08 bits per heavy atom. The molecule has 1 N–H and O–H groups in total. The SMILES string of the molecule is CC(C)Oc1ccc(C(=O)Nc2ccnn2Cc2ccccc2)cc1. The van der Waals surface area contributed by atoms with Gasteiger partial charge in [-0.1, -0.05) is 30.3 Å². The van der Waals surface area contributed by atoms with Crippen molar-refractivity contribution in [1.82, 2.24) is 9.78 Å². The van der Waals surface area contributed by atoms with Gasteiger partial charge in [0.05, 0.1) is 18.8 Å². The Balaban J connectivity index is 1.68. The van der Waals surface area contributed by atoms with Gasteiger partial charge in [0.1, 0.15) is 11.6 Å². The van der Waals surface area contributed by atoms with Crippen LogP contribution in [0.2, 0.25) is 0 Å². The Morgan fingerprint density at radius 3 is 2.48 bits per heavy atom. The molecule has 0 fully saturated rings. The van der Waals surface area contributed by atoms with Crippen LogP contribution < -0.4 is 10.1 Å². The maximum atomic E-state index is 12.5. The molecule has 1 heterocycles. The quantitative estimate of drug-likeness (QED) is 0.741. The highest BCUT2D eigenvalue weighted by atomic mass is 16.5. The highest BCUT2D eigenvalue weighted by Gasteiger charge is 2.10. The first-order chi connectivity index (χ1) is 12.1. The second kappa shape index (κ2) is 7.66. The van der Waals surface area contributed by atoms with E-state index in [0.29, 0.717) is 17.9 Å². The van der Waals surface area contributed by atoms with Gasteiger partial charge in [-0.2, -0.15) is 5.10 Å². The predicted octanol–water partition coefficient (Wildman–Crippen LogP) is 3.97. The van der Waals surface area contributed by atoms with Crippen molar-refractivity contribution < 1.29 is 9.53 Å². The van der Waals surface area contributed by atoms with Crippen LogP contribution in [0.25, 0.3) is 0 Å². The fourth-order valence-corrected chi connectivity index (χ4v) is 2.47. The molecule has 0 bridgehead atoms. The van der Waals surface area contributed by atoms with E-state index < -0.39 is 0 Å². The van der Waals surface area contributed by atoms with Gasteiger partial charge in [-0.25, -0.2) is 4.68 Å². The average molecular weight is 335 g/mol. The van der Waals surface area contributed by atoms with Crippen LogP contribution in [0.3, 0.4) is 0 Å². The molecule has 0 aliphatic heterocycles. The maximum Gasteiger partial charge on any atom is 0.256 e. The molecule has 0 spiro atoms. The van der Waals surface area contributed by atoms with Gasteiger partial charge >= 0.3 is 0 Å². The summed E-state index contributed by atoms with van der Waals surface area (Å²) < 4.78 is 7.36. The van der Waals surface area contributed by atoms with Crippen molar-refractivity contribution in [2.75, 3.05) is 5.32 Å². The number of ether oxygens (including phenoxy) is 1. The Bertz CT molecular complexity index is 824. The molecular formula is C20H21N3O2. The van der Waals surface area contributed by atoms with Crippen molar-refractivity contribution in [2.24, 2.45) is 0 Å². The first-order valence-corrected chi connectivity index (χ1v) is 8.25. The number of aromatic nitrogens is 2. The van der Waals surface area contributed by atoms with Crippen molar-refractivity contribution >= 4 is 11.7 Å². The molecule has 3 rings (SSSR count). The van der Waals surface area contributed by atoms with Gasteiger partial charge in [0, 0.05) is 11.6 Å². The summed E-state index contributed by atoms with van der Waals surface area (Å²) in [4.78, 5) is 12.5. The van der Waals surface area contributed by atoms with E-state index in [1.54, 1.807) is 41.2 Å². The van der Waals surface area contributed by atoms with E-state index in [1.165, 1.54) is 0 Å². The number of benzene rings is 2. The first-order valence-electron chi connectivity index (χ1n) is 8.25. The molecule has 1 aromatic heterocycles. The molecular weight excluding hydrogens is 314 g/mol. The lowest BCUT2D eigenvalue weighted by Gasteiger charge is -2.11. The second-order valence-corrected chi connectivity index (χ2v) is 6.00. The summed E-state index contributed by atoms with van der Waals surface area (Å²) in [5.74, 6) is 1.24. The summed E-state index contributed by atoms with van der Waals surface area (Å²) in [7, 11) is 0. The lowest BCUT2D eigenvalue weighted by atomic mass is 10.2. The molecule has 5 heteroatoms. The number of hydrogen-bond acceptors (Lipinski definition) is 3. The molecule has 1 amide bonds. The van der Waals surface area contributed by atoms with Crippen molar-refractivity contribution in [3.8, 4) is 5.75 Å². The van der Waals surface area contributed by atoms with E-state index in [1.807, 2.05) is 44.2 Å². The zero-order valence-electron chi connectivity index (χ0n) is 14.3. The zero-order chi connectivity index (χ0) is 17.6. The molecule has 0 aliphatic carbocycles. The van der Waals surface area contributed by atoms with Gasteiger partial charge in [0.25, 0.3) is 5.91 Å². The van der Waals surface area contributed by atoms with Crippen molar-refractivity contribution in [2.45, 2.75) is 26.5 Å². The molecule has 0 saturated carbocycles. The molecule has 2 aromatic carbocycles. The van der Waals surface area contributed by atoms with Crippen LogP contribution >= 0.6 is 0 Å². The molecule has 0 radical (unpaired) electrons. The molecule has 128 valence electrons. The number of rotatable bonds is 6. The smallest absolute Gasteiger partial charge is 0.256 e. The van der Waals surface area contributed by atoms with E-state index >= 15 is 0 Å². The minimum atomic E-state index is -0.175. The maximum absolute atomic E-state index is 12.5. The van der Waals surface area contributed by atoms with E-state index in [-0.39, 0.29) is 12.0 Å². The first kappa shape index (κ1) is 16.8. The Kier molecular flexibility index (Phi) is 5.14. The molecule has 0 aliphatic rings. The van der Waals surface area contributed by atoms with Gasteiger partial charge in [0.2, 0.25) is 0 Å². The fourth-order valence-electron chi connectivity index (χ4n) is 2.47. The Morgan fingerprint density at radius 2 is 1.80 bits per heavy atom. The number of carbonyl (C=O) groups is 1. The standard InChI is InChI=1S/C20H21N3O2/c1-15(2)25-18-10-8-17(9-11-18)20(24)22-19-12-13-21-23(19)14-16-6-4-3-5-7-16/h3-13,15H,14H2,1-2H3,(H,22,24). The van der Waals surface area contributed by atoms with Crippen LogP contribution in [0.5, 0.6) is 5.75 Å². The number of carbonyl (C=O) groups excluding carboxylic acids is 1. The largest absolute Gasteiger partial charge is 0.491 e. The third-order valence-electron chi connectivity index (χ3n) is 3.62. The van der Waals surface area contributed by atoms with Crippen LogP contribution in [-0.2, 0) is 6.54 Å². The second-order valence-electron chi connectivity index (χ2n) is 6.00.